The molecule has 2 heterocycles. The quantitative estimate of drug-likeness (QED) is 0.438. The molecule has 122 valence electrons. The average molecular weight is 348 g/mol. The van der Waals surface area contributed by atoms with E-state index >= 15 is 0 Å². The number of para-hydroxylation sites is 1. The second-order valence-electron chi connectivity index (χ2n) is 6.46. The van der Waals surface area contributed by atoms with Crippen molar-refractivity contribution < 1.29 is 29.6 Å². The van der Waals surface area contributed by atoms with Gasteiger partial charge in [0.2, 0.25) is 0 Å². The van der Waals surface area contributed by atoms with Gasteiger partial charge in [-0.25, -0.2) is 0 Å². The van der Waals surface area contributed by atoms with E-state index in [9.17, 15) is 0 Å². The SMILES string of the molecule is [Na+].[c-]1ccccc1-c1cc(Nc2cc(C3CC3)[nH]n2)c2ccccc2n1. The van der Waals surface area contributed by atoms with Crippen LogP contribution < -0.4 is 34.9 Å². The Morgan fingerprint density at radius 3 is 2.69 bits per heavy atom. The third-order valence-corrected chi connectivity index (χ3v) is 4.58. The molecule has 0 radical (unpaired) electrons. The maximum Gasteiger partial charge on any atom is 1.00 e. The predicted octanol–water partition coefficient (Wildman–Crippen LogP) is 2.05. The summed E-state index contributed by atoms with van der Waals surface area (Å²) < 4.78 is 0. The van der Waals surface area contributed by atoms with Crippen molar-refractivity contribution in [2.45, 2.75) is 18.8 Å². The fourth-order valence-electron chi connectivity index (χ4n) is 3.11. The largest absolute Gasteiger partial charge is 1.00 e. The van der Waals surface area contributed by atoms with Gasteiger partial charge in [-0.3, -0.25) is 10.1 Å². The van der Waals surface area contributed by atoms with Crippen LogP contribution in [0.4, 0.5) is 11.5 Å². The van der Waals surface area contributed by atoms with E-state index in [0.717, 1.165) is 33.7 Å². The number of nitrogens with one attached hydrogen (secondary N) is 2. The van der Waals surface area contributed by atoms with Gasteiger partial charge >= 0.3 is 29.6 Å². The van der Waals surface area contributed by atoms with E-state index in [-0.39, 0.29) is 29.6 Å². The molecule has 0 unspecified atom stereocenters. The predicted molar refractivity (Wildman–Crippen MR) is 99.9 cm³/mol. The Morgan fingerprint density at radius 2 is 1.88 bits per heavy atom. The maximum atomic E-state index is 4.79. The minimum atomic E-state index is 0. The van der Waals surface area contributed by atoms with Gasteiger partial charge in [-0.1, -0.05) is 24.3 Å². The fourth-order valence-corrected chi connectivity index (χ4v) is 3.11. The summed E-state index contributed by atoms with van der Waals surface area (Å²) in [5.74, 6) is 1.51. The number of rotatable bonds is 4. The molecule has 5 heteroatoms. The second-order valence-corrected chi connectivity index (χ2v) is 6.46. The smallest absolute Gasteiger partial charge is 0.339 e. The van der Waals surface area contributed by atoms with E-state index in [1.807, 2.05) is 42.5 Å². The molecule has 26 heavy (non-hydrogen) atoms. The molecule has 4 aromatic rings. The summed E-state index contributed by atoms with van der Waals surface area (Å²) in [6.07, 6.45) is 2.52. The zero-order valence-corrected chi connectivity index (χ0v) is 16.7. The van der Waals surface area contributed by atoms with E-state index in [1.54, 1.807) is 0 Å². The molecule has 2 N–H and O–H groups in total. The van der Waals surface area contributed by atoms with Crippen LogP contribution in [0.5, 0.6) is 0 Å². The Morgan fingerprint density at radius 1 is 1.04 bits per heavy atom. The van der Waals surface area contributed by atoms with E-state index < -0.39 is 0 Å². The van der Waals surface area contributed by atoms with E-state index in [0.29, 0.717) is 5.92 Å². The molecule has 2 aromatic heterocycles. The first-order valence-electron chi connectivity index (χ1n) is 8.56. The molecule has 0 bridgehead atoms. The Balaban J connectivity index is 0.00000168. The Hall–Kier alpha value is -2.14. The van der Waals surface area contributed by atoms with Gasteiger partial charge in [0.15, 0.2) is 5.82 Å². The molecule has 5 rings (SSSR count). The van der Waals surface area contributed by atoms with Gasteiger partial charge in [0.25, 0.3) is 0 Å². The normalized spacial score (nSPS) is 13.4. The van der Waals surface area contributed by atoms with Crippen molar-refractivity contribution in [3.8, 4) is 11.3 Å². The Labute approximate surface area is 174 Å². The van der Waals surface area contributed by atoms with Crippen LogP contribution in [0.25, 0.3) is 22.2 Å². The molecule has 0 saturated heterocycles. The number of fused-ring (bicyclic) bond motifs is 1. The molecule has 1 saturated carbocycles. The van der Waals surface area contributed by atoms with Gasteiger partial charge in [0.1, 0.15) is 0 Å². The van der Waals surface area contributed by atoms with Crippen LogP contribution in [-0.4, -0.2) is 15.2 Å². The number of aromatic nitrogens is 3. The number of pyridine rings is 1. The molecule has 1 fully saturated rings. The first-order chi connectivity index (χ1) is 12.4. The summed E-state index contributed by atoms with van der Waals surface area (Å²) in [6, 6.07) is 23.5. The molecule has 2 aromatic carbocycles. The van der Waals surface area contributed by atoms with Crippen molar-refractivity contribution in [2.24, 2.45) is 0 Å². The summed E-state index contributed by atoms with van der Waals surface area (Å²) in [4.78, 5) is 4.79. The zero-order chi connectivity index (χ0) is 16.6. The standard InChI is InChI=1S/C21H17N4.Na/c1-2-6-14(7-3-1)18-12-20(16-8-4-5-9-17(16)22-18)23-21-13-19(24-25-21)15-10-11-15;/h1-6,8-9,12-13,15H,10-11H2,(H2,22,23,24,25);/q-1;+1. The third kappa shape index (κ3) is 3.40. The molecule has 1 aliphatic rings. The van der Waals surface area contributed by atoms with Crippen molar-refractivity contribution in [3.63, 3.8) is 0 Å². The molecular weight excluding hydrogens is 331 g/mol. The van der Waals surface area contributed by atoms with E-state index in [1.165, 1.54) is 18.5 Å². The summed E-state index contributed by atoms with van der Waals surface area (Å²) >= 11 is 0. The van der Waals surface area contributed by atoms with Gasteiger partial charge in [-0.2, -0.15) is 5.10 Å². The first-order valence-corrected chi connectivity index (χ1v) is 8.56. The fraction of sp³-hybridized carbons (Fsp3) is 0.143. The van der Waals surface area contributed by atoms with Crippen LogP contribution in [0.2, 0.25) is 0 Å². The van der Waals surface area contributed by atoms with E-state index in [4.69, 9.17) is 4.98 Å². The summed E-state index contributed by atoms with van der Waals surface area (Å²) in [7, 11) is 0. The molecule has 0 atom stereocenters. The van der Waals surface area contributed by atoms with Crippen molar-refractivity contribution in [2.75, 3.05) is 5.32 Å². The van der Waals surface area contributed by atoms with Crippen LogP contribution in [0.1, 0.15) is 24.5 Å². The van der Waals surface area contributed by atoms with Crippen molar-refractivity contribution in [1.29, 1.82) is 0 Å². The minimum absolute atomic E-state index is 0. The second kappa shape index (κ2) is 7.23. The topological polar surface area (TPSA) is 53.6 Å². The maximum absolute atomic E-state index is 4.79. The molecular formula is C21H17N4Na. The third-order valence-electron chi connectivity index (χ3n) is 4.58. The molecule has 4 nitrogen and oxygen atoms in total. The van der Waals surface area contributed by atoms with Crippen LogP contribution in [0.15, 0.2) is 60.7 Å². The summed E-state index contributed by atoms with van der Waals surface area (Å²) in [5, 5.41) is 12.1. The molecule has 0 aliphatic heterocycles. The van der Waals surface area contributed by atoms with Crippen LogP contribution >= 0.6 is 0 Å². The van der Waals surface area contributed by atoms with Crippen LogP contribution in [0.3, 0.4) is 0 Å². The van der Waals surface area contributed by atoms with Gasteiger partial charge < -0.3 is 5.32 Å². The number of benzene rings is 2. The number of anilines is 2. The summed E-state index contributed by atoms with van der Waals surface area (Å²) in [6.45, 7) is 0. The number of aromatic amines is 1. The summed E-state index contributed by atoms with van der Waals surface area (Å²) in [5.41, 5.74) is 5.07. The Kier molecular flexibility index (Phi) is 4.81. The minimum Gasteiger partial charge on any atom is -0.339 e. The number of H-pyrrole nitrogens is 1. The first kappa shape index (κ1) is 17.3. The van der Waals surface area contributed by atoms with Gasteiger partial charge in [-0.05, 0) is 24.6 Å². The van der Waals surface area contributed by atoms with Gasteiger partial charge in [0, 0.05) is 28.8 Å². The van der Waals surface area contributed by atoms with Crippen LogP contribution in [0, 0.1) is 6.07 Å². The van der Waals surface area contributed by atoms with Gasteiger partial charge in [0.05, 0.1) is 5.52 Å². The van der Waals surface area contributed by atoms with Crippen molar-refractivity contribution in [1.82, 2.24) is 15.2 Å². The van der Waals surface area contributed by atoms with Crippen molar-refractivity contribution in [3.05, 3.63) is 72.4 Å². The average Bonchev–Trinajstić information content (AvgIpc) is 3.42. The molecule has 0 amide bonds. The van der Waals surface area contributed by atoms with Crippen LogP contribution in [-0.2, 0) is 0 Å². The monoisotopic (exact) mass is 348 g/mol. The Bertz CT molecular complexity index is 1040. The molecule has 0 spiro atoms. The number of hydrogen-bond acceptors (Lipinski definition) is 3. The van der Waals surface area contributed by atoms with Crippen molar-refractivity contribution >= 4 is 22.4 Å². The van der Waals surface area contributed by atoms with Gasteiger partial charge in [-0.15, -0.1) is 35.9 Å². The molecule has 1 aliphatic carbocycles. The zero-order valence-electron chi connectivity index (χ0n) is 14.7. The van der Waals surface area contributed by atoms with E-state index in [2.05, 4.69) is 39.8 Å². The number of nitrogens with zero attached hydrogens (tertiary/aromatic N) is 2. The number of hydrogen-bond donors (Lipinski definition) is 2.